The Bertz CT molecular complexity index is 357. The van der Waals surface area contributed by atoms with Crippen molar-refractivity contribution >= 4 is 11.6 Å². The molecule has 0 radical (unpaired) electrons. The molecule has 1 rings (SSSR count). The Morgan fingerprint density at radius 3 is 2.61 bits per heavy atom. The summed E-state index contributed by atoms with van der Waals surface area (Å²) in [5.41, 5.74) is 0. The van der Waals surface area contributed by atoms with Crippen LogP contribution in [0, 0.1) is 0 Å². The van der Waals surface area contributed by atoms with E-state index in [-0.39, 0.29) is 0 Å². The van der Waals surface area contributed by atoms with Crippen LogP contribution >= 0.6 is 0 Å². The number of anilines is 2. The molecule has 0 saturated carbocycles. The standard InChI is InChI=1S/C13H24N4O/c1-5-7-10(3)15-12-8-11(14-4)16-13(17-12)9-18-6-2/h8,10H,5-7,9H2,1-4H3,(H2,14,15,16,17). The summed E-state index contributed by atoms with van der Waals surface area (Å²) in [4.78, 5) is 8.81. The highest BCUT2D eigenvalue weighted by molar-refractivity contribution is 5.47. The fraction of sp³-hybridized carbons (Fsp3) is 0.692. The van der Waals surface area contributed by atoms with Gasteiger partial charge in [-0.05, 0) is 20.3 Å². The van der Waals surface area contributed by atoms with Crippen molar-refractivity contribution in [2.45, 2.75) is 46.3 Å². The van der Waals surface area contributed by atoms with Crippen molar-refractivity contribution in [3.8, 4) is 0 Å². The number of hydrogen-bond acceptors (Lipinski definition) is 5. The maximum Gasteiger partial charge on any atom is 0.158 e. The maximum absolute atomic E-state index is 5.35. The molecule has 0 fully saturated rings. The van der Waals surface area contributed by atoms with Crippen molar-refractivity contribution < 1.29 is 4.74 Å². The van der Waals surface area contributed by atoms with Gasteiger partial charge in [-0.2, -0.15) is 0 Å². The van der Waals surface area contributed by atoms with E-state index in [2.05, 4.69) is 34.4 Å². The van der Waals surface area contributed by atoms with E-state index in [0.29, 0.717) is 25.1 Å². The van der Waals surface area contributed by atoms with Gasteiger partial charge in [0.1, 0.15) is 18.2 Å². The summed E-state index contributed by atoms with van der Waals surface area (Å²) in [6.45, 7) is 7.42. The van der Waals surface area contributed by atoms with Crippen LogP contribution in [0.25, 0.3) is 0 Å². The minimum absolute atomic E-state index is 0.412. The first-order valence-electron chi connectivity index (χ1n) is 6.59. The molecule has 1 aromatic heterocycles. The van der Waals surface area contributed by atoms with E-state index >= 15 is 0 Å². The van der Waals surface area contributed by atoms with E-state index < -0.39 is 0 Å². The predicted octanol–water partition coefficient (Wildman–Crippen LogP) is 2.66. The second-order valence-electron chi connectivity index (χ2n) is 4.28. The highest BCUT2D eigenvalue weighted by Gasteiger charge is 2.06. The third kappa shape index (κ3) is 4.87. The monoisotopic (exact) mass is 252 g/mol. The second-order valence-corrected chi connectivity index (χ2v) is 4.28. The Balaban J connectivity index is 2.76. The van der Waals surface area contributed by atoms with Crippen molar-refractivity contribution in [1.29, 1.82) is 0 Å². The van der Waals surface area contributed by atoms with E-state index in [1.165, 1.54) is 0 Å². The SMILES string of the molecule is CCCC(C)Nc1cc(NC)nc(COCC)n1. The summed E-state index contributed by atoms with van der Waals surface area (Å²) in [6, 6.07) is 2.33. The van der Waals surface area contributed by atoms with Crippen LogP contribution < -0.4 is 10.6 Å². The topological polar surface area (TPSA) is 59.1 Å². The Kier molecular flexibility index (Phi) is 6.43. The molecule has 18 heavy (non-hydrogen) atoms. The van der Waals surface area contributed by atoms with Gasteiger partial charge in [0.25, 0.3) is 0 Å². The molecule has 0 spiro atoms. The lowest BCUT2D eigenvalue weighted by atomic mass is 10.2. The summed E-state index contributed by atoms with van der Waals surface area (Å²) < 4.78 is 5.35. The first-order chi connectivity index (χ1) is 8.69. The smallest absolute Gasteiger partial charge is 0.158 e. The molecule has 102 valence electrons. The average Bonchev–Trinajstić information content (AvgIpc) is 2.36. The first kappa shape index (κ1) is 14.7. The van der Waals surface area contributed by atoms with Gasteiger partial charge in [0, 0.05) is 25.8 Å². The number of ether oxygens (including phenoxy) is 1. The third-order valence-electron chi connectivity index (χ3n) is 2.58. The summed E-state index contributed by atoms with van der Waals surface area (Å²) in [5, 5.41) is 6.43. The van der Waals surface area contributed by atoms with Gasteiger partial charge in [0.15, 0.2) is 5.82 Å². The summed E-state index contributed by atoms with van der Waals surface area (Å²) in [6.07, 6.45) is 2.28. The normalized spacial score (nSPS) is 12.2. The Labute approximate surface area is 109 Å². The Morgan fingerprint density at radius 1 is 1.28 bits per heavy atom. The molecule has 0 aliphatic carbocycles. The highest BCUT2D eigenvalue weighted by Crippen LogP contribution is 2.13. The molecule has 0 aromatic carbocycles. The number of aromatic nitrogens is 2. The van der Waals surface area contributed by atoms with Crippen molar-refractivity contribution in [2.24, 2.45) is 0 Å². The summed E-state index contributed by atoms with van der Waals surface area (Å²) in [5.74, 6) is 2.37. The van der Waals surface area contributed by atoms with Gasteiger partial charge in [0.2, 0.25) is 0 Å². The van der Waals surface area contributed by atoms with Crippen molar-refractivity contribution in [3.05, 3.63) is 11.9 Å². The number of hydrogen-bond donors (Lipinski definition) is 2. The van der Waals surface area contributed by atoms with E-state index in [0.717, 1.165) is 24.5 Å². The molecule has 2 N–H and O–H groups in total. The maximum atomic E-state index is 5.35. The average molecular weight is 252 g/mol. The zero-order chi connectivity index (χ0) is 13.4. The number of nitrogens with zero attached hydrogens (tertiary/aromatic N) is 2. The molecule has 0 aliphatic rings. The Hall–Kier alpha value is -1.36. The molecule has 1 aromatic rings. The first-order valence-corrected chi connectivity index (χ1v) is 6.59. The van der Waals surface area contributed by atoms with Gasteiger partial charge in [0.05, 0.1) is 0 Å². The molecular formula is C13H24N4O. The molecule has 5 heteroatoms. The zero-order valence-electron chi connectivity index (χ0n) is 11.8. The summed E-state index contributed by atoms with van der Waals surface area (Å²) >= 11 is 0. The molecule has 5 nitrogen and oxygen atoms in total. The fourth-order valence-electron chi connectivity index (χ4n) is 1.71. The molecule has 0 amide bonds. The minimum Gasteiger partial charge on any atom is -0.374 e. The fourth-order valence-corrected chi connectivity index (χ4v) is 1.71. The number of rotatable bonds is 8. The van der Waals surface area contributed by atoms with Crippen LogP contribution in [0.15, 0.2) is 6.07 Å². The largest absolute Gasteiger partial charge is 0.374 e. The lowest BCUT2D eigenvalue weighted by Gasteiger charge is -2.15. The molecule has 1 atom stereocenters. The van der Waals surface area contributed by atoms with E-state index in [1.54, 1.807) is 0 Å². The minimum atomic E-state index is 0.412. The van der Waals surface area contributed by atoms with Gasteiger partial charge < -0.3 is 15.4 Å². The Morgan fingerprint density at radius 2 is 2.00 bits per heavy atom. The van der Waals surface area contributed by atoms with Crippen LogP contribution in [0.2, 0.25) is 0 Å². The van der Waals surface area contributed by atoms with E-state index in [9.17, 15) is 0 Å². The zero-order valence-corrected chi connectivity index (χ0v) is 11.8. The lowest BCUT2D eigenvalue weighted by molar-refractivity contribution is 0.128. The molecular weight excluding hydrogens is 228 g/mol. The van der Waals surface area contributed by atoms with Gasteiger partial charge >= 0.3 is 0 Å². The van der Waals surface area contributed by atoms with Crippen LogP contribution in [-0.2, 0) is 11.3 Å². The van der Waals surface area contributed by atoms with Gasteiger partial charge in [-0.15, -0.1) is 0 Å². The second kappa shape index (κ2) is 7.87. The van der Waals surface area contributed by atoms with Crippen LogP contribution in [-0.4, -0.2) is 29.7 Å². The number of nitrogens with one attached hydrogen (secondary N) is 2. The van der Waals surface area contributed by atoms with Crippen molar-refractivity contribution in [3.63, 3.8) is 0 Å². The van der Waals surface area contributed by atoms with Crippen LogP contribution in [0.5, 0.6) is 0 Å². The third-order valence-corrected chi connectivity index (χ3v) is 2.58. The van der Waals surface area contributed by atoms with Crippen molar-refractivity contribution in [1.82, 2.24) is 9.97 Å². The quantitative estimate of drug-likeness (QED) is 0.745. The van der Waals surface area contributed by atoms with Crippen molar-refractivity contribution in [2.75, 3.05) is 24.3 Å². The molecule has 0 aliphatic heterocycles. The predicted molar refractivity (Wildman–Crippen MR) is 74.9 cm³/mol. The van der Waals surface area contributed by atoms with Gasteiger partial charge in [-0.3, -0.25) is 0 Å². The van der Waals surface area contributed by atoms with Crippen LogP contribution in [0.3, 0.4) is 0 Å². The molecule has 1 unspecified atom stereocenters. The van der Waals surface area contributed by atoms with Crippen LogP contribution in [0.4, 0.5) is 11.6 Å². The molecule has 1 heterocycles. The molecule has 0 bridgehead atoms. The summed E-state index contributed by atoms with van der Waals surface area (Å²) in [7, 11) is 1.85. The highest BCUT2D eigenvalue weighted by atomic mass is 16.5. The van der Waals surface area contributed by atoms with Gasteiger partial charge in [-0.25, -0.2) is 9.97 Å². The van der Waals surface area contributed by atoms with Gasteiger partial charge in [-0.1, -0.05) is 13.3 Å². The van der Waals surface area contributed by atoms with Crippen LogP contribution in [0.1, 0.15) is 39.4 Å². The molecule has 0 saturated heterocycles. The lowest BCUT2D eigenvalue weighted by Crippen LogP contribution is -2.17. The van der Waals surface area contributed by atoms with E-state index in [1.807, 2.05) is 20.0 Å². The van der Waals surface area contributed by atoms with E-state index in [4.69, 9.17) is 4.74 Å².